The minimum atomic E-state index is -0.0682. The van der Waals surface area contributed by atoms with Gasteiger partial charge in [0.15, 0.2) is 0 Å². The van der Waals surface area contributed by atoms with Crippen LogP contribution in [0.2, 0.25) is 0 Å². The standard InChI is InChI=1S/C24H24N4O2/c1-22-11-19-23(2,27-22)14-24(19,13-22)30-20-7-6-18-17-5-4-16(28-9-3-8-25-28)10-15(17)12-29-21(18)26-20/h3-10,19,27H,11-14H2,1-2H3/t19?,22-,23-,24+/m1/s1. The van der Waals surface area contributed by atoms with Crippen LogP contribution in [0.4, 0.5) is 0 Å². The van der Waals surface area contributed by atoms with Crippen molar-refractivity contribution >= 4 is 0 Å². The highest BCUT2D eigenvalue weighted by molar-refractivity contribution is 5.74. The summed E-state index contributed by atoms with van der Waals surface area (Å²) in [5.74, 6) is 1.91. The average Bonchev–Trinajstić information content (AvgIpc) is 3.38. The third kappa shape index (κ3) is 2.12. The van der Waals surface area contributed by atoms with Gasteiger partial charge in [0.25, 0.3) is 0 Å². The molecule has 1 saturated heterocycles. The van der Waals surface area contributed by atoms with Crippen molar-refractivity contribution in [1.82, 2.24) is 20.1 Å². The van der Waals surface area contributed by atoms with Gasteiger partial charge in [0.1, 0.15) is 12.2 Å². The molecule has 2 aliphatic carbocycles. The number of pyridine rings is 1. The van der Waals surface area contributed by atoms with Crippen molar-refractivity contribution in [2.24, 2.45) is 5.92 Å². The van der Waals surface area contributed by atoms with Crippen LogP contribution in [0.25, 0.3) is 16.8 Å². The molecule has 4 heterocycles. The van der Waals surface area contributed by atoms with E-state index in [2.05, 4.69) is 48.5 Å². The molecular formula is C24H24N4O2. The van der Waals surface area contributed by atoms with Crippen molar-refractivity contribution in [3.8, 4) is 28.6 Å². The monoisotopic (exact) mass is 400 g/mol. The zero-order chi connectivity index (χ0) is 20.1. The summed E-state index contributed by atoms with van der Waals surface area (Å²) >= 11 is 0. The number of rotatable bonds is 3. The normalized spacial score (nSPS) is 34.7. The van der Waals surface area contributed by atoms with E-state index in [-0.39, 0.29) is 16.7 Å². The zero-order valence-corrected chi connectivity index (χ0v) is 17.2. The molecule has 6 heteroatoms. The second-order valence-electron chi connectivity index (χ2n) is 9.96. The van der Waals surface area contributed by atoms with Crippen LogP contribution in [-0.2, 0) is 6.61 Å². The number of hydrogen-bond donors (Lipinski definition) is 1. The number of hydrogen-bond acceptors (Lipinski definition) is 5. The predicted octanol–water partition coefficient (Wildman–Crippen LogP) is 3.88. The second-order valence-corrected chi connectivity index (χ2v) is 9.96. The van der Waals surface area contributed by atoms with Gasteiger partial charge >= 0.3 is 0 Å². The van der Waals surface area contributed by atoms with Gasteiger partial charge in [-0.2, -0.15) is 10.1 Å². The molecule has 7 rings (SSSR count). The Hall–Kier alpha value is -2.86. The van der Waals surface area contributed by atoms with E-state index < -0.39 is 0 Å². The summed E-state index contributed by atoms with van der Waals surface area (Å²) in [4.78, 5) is 4.76. The lowest BCUT2D eigenvalue weighted by Crippen LogP contribution is -2.74. The van der Waals surface area contributed by atoms with Gasteiger partial charge in [0.05, 0.1) is 5.69 Å². The number of piperidine rings is 2. The first-order valence-electron chi connectivity index (χ1n) is 10.7. The van der Waals surface area contributed by atoms with E-state index in [0.717, 1.165) is 35.2 Å². The van der Waals surface area contributed by atoms with Crippen molar-refractivity contribution < 1.29 is 9.47 Å². The number of ether oxygens (including phenoxy) is 2. The Kier molecular flexibility index (Phi) is 2.95. The summed E-state index contributed by atoms with van der Waals surface area (Å²) in [5, 5.41) is 8.15. The lowest BCUT2D eigenvalue weighted by atomic mass is 9.57. The SMILES string of the molecule is C[C@@]12CC3[C@](Oc4ccc5c(n4)OCc4cc(-n6cccn6)ccc4-5)(C1)C[C@@]3(C)N2. The average molecular weight is 400 g/mol. The van der Waals surface area contributed by atoms with Crippen LogP contribution in [0.5, 0.6) is 11.8 Å². The highest BCUT2D eigenvalue weighted by atomic mass is 16.5. The summed E-state index contributed by atoms with van der Waals surface area (Å²) in [6, 6.07) is 12.4. The smallest absolute Gasteiger partial charge is 0.225 e. The molecule has 2 aliphatic heterocycles. The highest BCUT2D eigenvalue weighted by Gasteiger charge is 2.76. The molecule has 3 aromatic rings. The molecule has 4 atom stereocenters. The minimum absolute atomic E-state index is 0.0682. The fourth-order valence-electron chi connectivity index (χ4n) is 6.83. The summed E-state index contributed by atoms with van der Waals surface area (Å²) in [6.45, 7) is 5.16. The molecule has 1 N–H and O–H groups in total. The van der Waals surface area contributed by atoms with Crippen LogP contribution in [0, 0.1) is 5.92 Å². The lowest BCUT2D eigenvalue weighted by molar-refractivity contribution is -0.138. The van der Waals surface area contributed by atoms with E-state index in [9.17, 15) is 0 Å². The van der Waals surface area contributed by atoms with E-state index >= 15 is 0 Å². The molecule has 2 aromatic heterocycles. The van der Waals surface area contributed by atoms with Crippen LogP contribution in [-0.4, -0.2) is 31.4 Å². The van der Waals surface area contributed by atoms with E-state index in [1.165, 1.54) is 6.42 Å². The number of benzene rings is 1. The first-order valence-corrected chi connectivity index (χ1v) is 10.7. The largest absolute Gasteiger partial charge is 0.472 e. The summed E-state index contributed by atoms with van der Waals surface area (Å²) in [6.07, 6.45) is 7.03. The van der Waals surface area contributed by atoms with Gasteiger partial charge in [-0.25, -0.2) is 4.68 Å². The Morgan fingerprint density at radius 1 is 1.17 bits per heavy atom. The van der Waals surface area contributed by atoms with Crippen molar-refractivity contribution in [3.63, 3.8) is 0 Å². The van der Waals surface area contributed by atoms with Gasteiger partial charge in [-0.05, 0) is 55.7 Å². The van der Waals surface area contributed by atoms with Crippen molar-refractivity contribution in [1.29, 1.82) is 0 Å². The first kappa shape index (κ1) is 16.9. The fraction of sp³-hybridized carbons (Fsp3) is 0.417. The van der Waals surface area contributed by atoms with Crippen molar-refractivity contribution in [3.05, 3.63) is 54.4 Å². The number of fused-ring (bicyclic) bond motifs is 4. The highest BCUT2D eigenvalue weighted by Crippen LogP contribution is 2.67. The molecule has 152 valence electrons. The van der Waals surface area contributed by atoms with Gasteiger partial charge in [-0.1, -0.05) is 6.07 Å². The maximum absolute atomic E-state index is 6.57. The maximum Gasteiger partial charge on any atom is 0.225 e. The zero-order valence-electron chi connectivity index (χ0n) is 17.2. The molecule has 0 spiro atoms. The number of aromatic nitrogens is 3. The predicted molar refractivity (Wildman–Crippen MR) is 112 cm³/mol. The van der Waals surface area contributed by atoms with Gasteiger partial charge in [-0.15, -0.1) is 0 Å². The van der Waals surface area contributed by atoms with Gasteiger partial charge in [-0.3, -0.25) is 0 Å². The second kappa shape index (κ2) is 5.24. The topological polar surface area (TPSA) is 61.2 Å². The van der Waals surface area contributed by atoms with Gasteiger partial charge < -0.3 is 14.8 Å². The van der Waals surface area contributed by atoms with E-state index in [4.69, 9.17) is 14.5 Å². The first-order chi connectivity index (χ1) is 14.5. The molecule has 6 nitrogen and oxygen atoms in total. The van der Waals surface area contributed by atoms with E-state index in [1.54, 1.807) is 6.20 Å². The molecule has 4 aliphatic rings. The molecule has 2 bridgehead atoms. The molecule has 1 aromatic carbocycles. The summed E-state index contributed by atoms with van der Waals surface area (Å²) in [5.41, 5.74) is 4.72. The quantitative estimate of drug-likeness (QED) is 0.723. The minimum Gasteiger partial charge on any atom is -0.472 e. The van der Waals surface area contributed by atoms with Crippen LogP contribution >= 0.6 is 0 Å². The van der Waals surface area contributed by atoms with Gasteiger partial charge in [0.2, 0.25) is 11.8 Å². The summed E-state index contributed by atoms with van der Waals surface area (Å²) in [7, 11) is 0. The molecule has 0 radical (unpaired) electrons. The fourth-order valence-corrected chi connectivity index (χ4v) is 6.83. The van der Waals surface area contributed by atoms with E-state index in [1.807, 2.05) is 23.0 Å². The van der Waals surface area contributed by atoms with Crippen molar-refractivity contribution in [2.75, 3.05) is 0 Å². The Labute approximate surface area is 175 Å². The molecule has 2 saturated carbocycles. The Morgan fingerprint density at radius 2 is 2.07 bits per heavy atom. The molecule has 3 fully saturated rings. The number of nitrogens with zero attached hydrogens (tertiary/aromatic N) is 3. The van der Waals surface area contributed by atoms with Crippen molar-refractivity contribution in [2.45, 2.75) is 56.4 Å². The Balaban J connectivity index is 1.20. The molecule has 0 amide bonds. The molecule has 30 heavy (non-hydrogen) atoms. The van der Waals surface area contributed by atoms with Crippen LogP contribution in [0.3, 0.4) is 0 Å². The Morgan fingerprint density at radius 3 is 2.87 bits per heavy atom. The van der Waals surface area contributed by atoms with Crippen LogP contribution < -0.4 is 14.8 Å². The maximum atomic E-state index is 6.57. The number of nitrogens with one attached hydrogen (secondary N) is 1. The lowest BCUT2D eigenvalue weighted by Gasteiger charge is -2.60. The summed E-state index contributed by atoms with van der Waals surface area (Å²) < 4.78 is 14.5. The van der Waals surface area contributed by atoms with E-state index in [0.29, 0.717) is 24.3 Å². The third-order valence-corrected chi connectivity index (χ3v) is 7.66. The molecule has 1 unspecified atom stereocenters. The van der Waals surface area contributed by atoms with Crippen LogP contribution in [0.1, 0.15) is 38.7 Å². The van der Waals surface area contributed by atoms with Crippen LogP contribution in [0.15, 0.2) is 48.8 Å². The van der Waals surface area contributed by atoms with Gasteiger partial charge in [0, 0.05) is 53.9 Å². The third-order valence-electron chi connectivity index (χ3n) is 7.66. The molecular weight excluding hydrogens is 376 g/mol. The Bertz CT molecular complexity index is 1190.